The Bertz CT molecular complexity index is 1470. The molecule has 3 aromatic carbocycles. The molecule has 0 bridgehead atoms. The molecule has 0 N–H and O–H groups in total. The molecule has 0 aromatic heterocycles. The third-order valence-electron chi connectivity index (χ3n) is 6.38. The predicted molar refractivity (Wildman–Crippen MR) is 163 cm³/mol. The van der Waals surface area contributed by atoms with Gasteiger partial charge in [-0.3, -0.25) is 14.5 Å². The van der Waals surface area contributed by atoms with E-state index < -0.39 is 0 Å². The summed E-state index contributed by atoms with van der Waals surface area (Å²) in [4.78, 5) is 34.9. The van der Waals surface area contributed by atoms with E-state index in [2.05, 4.69) is 15.9 Å². The van der Waals surface area contributed by atoms with E-state index in [0.29, 0.717) is 71.6 Å². The summed E-state index contributed by atoms with van der Waals surface area (Å²) in [7, 11) is 0. The number of amides is 2. The number of morpholine rings is 1. The van der Waals surface area contributed by atoms with Crippen LogP contribution in [0.25, 0.3) is 6.08 Å². The largest absolute Gasteiger partial charge is 0.488 e. The van der Waals surface area contributed by atoms with Crippen molar-refractivity contribution in [1.82, 2.24) is 9.80 Å². The Hall–Kier alpha value is -3.11. The van der Waals surface area contributed by atoms with E-state index in [1.54, 1.807) is 21.9 Å². The molecule has 206 valence electrons. The summed E-state index contributed by atoms with van der Waals surface area (Å²) in [5, 5.41) is 1.26. The highest BCUT2D eigenvalue weighted by atomic mass is 79.9. The van der Waals surface area contributed by atoms with Gasteiger partial charge in [-0.05, 0) is 94.3 Å². The van der Waals surface area contributed by atoms with Crippen LogP contribution in [0.1, 0.15) is 28.4 Å². The summed E-state index contributed by atoms with van der Waals surface area (Å²) in [5.41, 5.74) is 3.06. The van der Waals surface area contributed by atoms with Gasteiger partial charge in [-0.1, -0.05) is 35.9 Å². The molecule has 7 nitrogen and oxygen atoms in total. The second-order valence-corrected chi connectivity index (χ2v) is 11.4. The summed E-state index contributed by atoms with van der Waals surface area (Å²) in [6.45, 7) is 5.05. The standard InChI is InChI=1S/C30H27BrClN3O4S/c1-2-35-29(37)27(17-21-8-11-26(25(31)16-21)39-19-20-6-9-23(32)10-7-20)40-30(35)33-24-5-3-4-22(18-24)28(36)34-12-14-38-15-13-34/h3-11,16-18H,2,12-15,19H2,1H3/b27-17+,33-30?. The van der Waals surface area contributed by atoms with Crippen LogP contribution in [0.2, 0.25) is 5.02 Å². The molecule has 5 rings (SSSR count). The highest BCUT2D eigenvalue weighted by Gasteiger charge is 2.32. The van der Waals surface area contributed by atoms with Gasteiger partial charge in [0.25, 0.3) is 11.8 Å². The molecule has 2 aliphatic rings. The van der Waals surface area contributed by atoms with Gasteiger partial charge in [-0.2, -0.15) is 0 Å². The maximum atomic E-state index is 13.2. The number of hydrogen-bond acceptors (Lipinski definition) is 6. The van der Waals surface area contributed by atoms with E-state index in [1.807, 2.05) is 67.6 Å². The van der Waals surface area contributed by atoms with Gasteiger partial charge in [0, 0.05) is 30.2 Å². The number of rotatable bonds is 7. The number of ether oxygens (including phenoxy) is 2. The van der Waals surface area contributed by atoms with Gasteiger partial charge in [0.05, 0.1) is 28.3 Å². The first-order valence-electron chi connectivity index (χ1n) is 12.9. The minimum Gasteiger partial charge on any atom is -0.488 e. The second-order valence-electron chi connectivity index (χ2n) is 9.11. The summed E-state index contributed by atoms with van der Waals surface area (Å²) in [6, 6.07) is 20.4. The summed E-state index contributed by atoms with van der Waals surface area (Å²) in [6.07, 6.45) is 1.85. The first-order valence-corrected chi connectivity index (χ1v) is 14.8. The molecule has 0 unspecified atom stereocenters. The molecule has 0 aliphatic carbocycles. The molecule has 2 aliphatic heterocycles. The van der Waals surface area contributed by atoms with Crippen molar-refractivity contribution in [3.8, 4) is 5.75 Å². The van der Waals surface area contributed by atoms with Crippen molar-refractivity contribution in [3.05, 3.63) is 97.8 Å². The fourth-order valence-corrected chi connectivity index (χ4v) is 5.95. The lowest BCUT2D eigenvalue weighted by molar-refractivity contribution is -0.122. The number of benzene rings is 3. The van der Waals surface area contributed by atoms with Crippen molar-refractivity contribution >= 4 is 68.0 Å². The SMILES string of the molecule is CCN1C(=O)/C(=C\c2ccc(OCc3ccc(Cl)cc3)c(Br)c2)SC1=Nc1cccc(C(=O)N2CCOCC2)c1. The fraction of sp³-hybridized carbons (Fsp3) is 0.233. The minimum absolute atomic E-state index is 0.0420. The molecule has 2 fully saturated rings. The van der Waals surface area contributed by atoms with E-state index in [1.165, 1.54) is 11.8 Å². The molecule has 0 spiro atoms. The van der Waals surface area contributed by atoms with Crippen LogP contribution in [0, 0.1) is 0 Å². The van der Waals surface area contributed by atoms with Crippen molar-refractivity contribution in [1.29, 1.82) is 0 Å². The van der Waals surface area contributed by atoms with Crippen molar-refractivity contribution < 1.29 is 19.1 Å². The highest BCUT2D eigenvalue weighted by molar-refractivity contribution is 9.10. The van der Waals surface area contributed by atoms with Crippen molar-refractivity contribution in [2.45, 2.75) is 13.5 Å². The Morgan fingerprint density at radius 1 is 1.12 bits per heavy atom. The molecule has 2 saturated heterocycles. The van der Waals surface area contributed by atoms with Crippen LogP contribution in [0.15, 0.2) is 81.1 Å². The van der Waals surface area contributed by atoms with Crippen LogP contribution in [-0.2, 0) is 16.1 Å². The predicted octanol–water partition coefficient (Wildman–Crippen LogP) is 6.78. The lowest BCUT2D eigenvalue weighted by Crippen LogP contribution is -2.40. The normalized spacial score (nSPS) is 17.6. The van der Waals surface area contributed by atoms with Crippen LogP contribution in [-0.4, -0.2) is 59.6 Å². The number of nitrogens with zero attached hydrogens (tertiary/aromatic N) is 3. The van der Waals surface area contributed by atoms with Crippen LogP contribution in [0.3, 0.4) is 0 Å². The van der Waals surface area contributed by atoms with E-state index in [0.717, 1.165) is 15.6 Å². The Kier molecular flexibility index (Phi) is 9.26. The van der Waals surface area contributed by atoms with E-state index in [-0.39, 0.29) is 11.8 Å². The third-order valence-corrected chi connectivity index (χ3v) is 8.26. The maximum absolute atomic E-state index is 13.2. The molecule has 0 saturated carbocycles. The summed E-state index contributed by atoms with van der Waals surface area (Å²) in [5.74, 6) is 0.553. The topological polar surface area (TPSA) is 71.4 Å². The molecule has 0 atom stereocenters. The molecule has 40 heavy (non-hydrogen) atoms. The van der Waals surface area contributed by atoms with Gasteiger partial charge in [-0.25, -0.2) is 4.99 Å². The second kappa shape index (κ2) is 13.0. The van der Waals surface area contributed by atoms with Crippen LogP contribution < -0.4 is 4.74 Å². The monoisotopic (exact) mass is 639 g/mol. The Morgan fingerprint density at radius 3 is 2.62 bits per heavy atom. The first-order chi connectivity index (χ1) is 19.4. The minimum atomic E-state index is -0.106. The Labute approximate surface area is 250 Å². The van der Waals surface area contributed by atoms with Crippen molar-refractivity contribution in [3.63, 3.8) is 0 Å². The van der Waals surface area contributed by atoms with Gasteiger partial charge in [0.2, 0.25) is 0 Å². The Balaban J connectivity index is 1.31. The van der Waals surface area contributed by atoms with Crippen LogP contribution in [0.4, 0.5) is 5.69 Å². The molecular formula is C30H27BrClN3O4S. The lowest BCUT2D eigenvalue weighted by Gasteiger charge is -2.26. The van der Waals surface area contributed by atoms with Crippen LogP contribution in [0.5, 0.6) is 5.75 Å². The number of aliphatic imine (C=N–C) groups is 1. The number of likely N-dealkylation sites (N-methyl/N-ethyl adjacent to an activating group) is 1. The zero-order chi connectivity index (χ0) is 28.1. The fourth-order valence-electron chi connectivity index (χ4n) is 4.26. The number of carbonyl (C=O) groups is 2. The maximum Gasteiger partial charge on any atom is 0.266 e. The number of thioether (sulfide) groups is 1. The summed E-state index contributed by atoms with van der Waals surface area (Å²) < 4.78 is 12.1. The number of hydrogen-bond donors (Lipinski definition) is 0. The quantitative estimate of drug-likeness (QED) is 0.267. The first kappa shape index (κ1) is 28.4. The molecule has 2 amide bonds. The van der Waals surface area contributed by atoms with Gasteiger partial charge in [0.1, 0.15) is 12.4 Å². The van der Waals surface area contributed by atoms with Gasteiger partial charge in [0.15, 0.2) is 5.17 Å². The molecular weight excluding hydrogens is 614 g/mol. The summed E-state index contributed by atoms with van der Waals surface area (Å²) >= 11 is 10.9. The lowest BCUT2D eigenvalue weighted by atomic mass is 10.1. The molecule has 0 radical (unpaired) electrons. The highest BCUT2D eigenvalue weighted by Crippen LogP contribution is 2.35. The zero-order valence-corrected chi connectivity index (χ0v) is 25.0. The molecule has 2 heterocycles. The van der Waals surface area contributed by atoms with E-state index in [9.17, 15) is 9.59 Å². The molecule has 3 aromatic rings. The average Bonchev–Trinajstić information content (AvgIpc) is 3.26. The van der Waals surface area contributed by atoms with E-state index in [4.69, 9.17) is 26.1 Å². The van der Waals surface area contributed by atoms with Gasteiger partial charge < -0.3 is 14.4 Å². The van der Waals surface area contributed by atoms with Gasteiger partial charge >= 0.3 is 0 Å². The average molecular weight is 641 g/mol. The van der Waals surface area contributed by atoms with Crippen LogP contribution >= 0.6 is 39.3 Å². The van der Waals surface area contributed by atoms with Gasteiger partial charge in [-0.15, -0.1) is 0 Å². The van der Waals surface area contributed by atoms with Crippen molar-refractivity contribution in [2.24, 2.45) is 4.99 Å². The number of carbonyl (C=O) groups excluding carboxylic acids is 2. The Morgan fingerprint density at radius 2 is 1.90 bits per heavy atom. The number of halogens is 2. The molecule has 10 heteroatoms. The van der Waals surface area contributed by atoms with Crippen molar-refractivity contribution in [2.75, 3.05) is 32.8 Å². The third kappa shape index (κ3) is 6.78. The smallest absolute Gasteiger partial charge is 0.266 e. The zero-order valence-electron chi connectivity index (χ0n) is 21.8. The number of amidine groups is 1. The van der Waals surface area contributed by atoms with E-state index >= 15 is 0 Å².